The van der Waals surface area contributed by atoms with Gasteiger partial charge in [-0.15, -0.1) is 0 Å². The van der Waals surface area contributed by atoms with Crippen LogP contribution in [-0.2, 0) is 4.74 Å². The number of fused-ring (bicyclic) bond motifs is 1. The Labute approximate surface area is 134 Å². The van der Waals surface area contributed by atoms with Gasteiger partial charge in [0.1, 0.15) is 11.5 Å². The standard InChI is InChI=1S/C20H16O3/c1-14(23-20(21)15-6-4-3-5-7-15)16-8-9-18-13-19(22-2)11-10-17(18)12-16/h3-13H,1H2,2H3. The molecule has 0 saturated carbocycles. The Morgan fingerprint density at radius 3 is 2.30 bits per heavy atom. The number of methoxy groups -OCH3 is 1. The lowest BCUT2D eigenvalue weighted by Crippen LogP contribution is -2.03. The van der Waals surface area contributed by atoms with Crippen molar-refractivity contribution < 1.29 is 14.3 Å². The molecule has 0 radical (unpaired) electrons. The molecule has 3 rings (SSSR count). The molecule has 3 nitrogen and oxygen atoms in total. The van der Waals surface area contributed by atoms with Crippen molar-refractivity contribution in [3.63, 3.8) is 0 Å². The summed E-state index contributed by atoms with van der Waals surface area (Å²) in [5.74, 6) is 0.724. The molecule has 3 heteroatoms. The van der Waals surface area contributed by atoms with E-state index in [1.54, 1.807) is 31.4 Å². The topological polar surface area (TPSA) is 35.5 Å². The fourth-order valence-electron chi connectivity index (χ4n) is 2.33. The maximum absolute atomic E-state index is 12.1. The Bertz CT molecular complexity index is 866. The summed E-state index contributed by atoms with van der Waals surface area (Å²) in [5.41, 5.74) is 1.27. The van der Waals surface area contributed by atoms with E-state index in [1.807, 2.05) is 42.5 Å². The molecule has 0 aromatic heterocycles. The molecule has 0 heterocycles. The van der Waals surface area contributed by atoms with Crippen LogP contribution in [0.2, 0.25) is 0 Å². The van der Waals surface area contributed by atoms with Gasteiger partial charge in [0.25, 0.3) is 0 Å². The maximum atomic E-state index is 12.1. The predicted molar refractivity (Wildman–Crippen MR) is 91.4 cm³/mol. The molecule has 0 N–H and O–H groups in total. The Morgan fingerprint density at radius 1 is 0.870 bits per heavy atom. The van der Waals surface area contributed by atoms with E-state index in [0.717, 1.165) is 22.1 Å². The summed E-state index contributed by atoms with van der Waals surface area (Å²) in [6.07, 6.45) is 0. The van der Waals surface area contributed by atoms with Gasteiger partial charge in [0.15, 0.2) is 0 Å². The molecule has 114 valence electrons. The van der Waals surface area contributed by atoms with Crippen molar-refractivity contribution in [3.8, 4) is 5.75 Å². The lowest BCUT2D eigenvalue weighted by Gasteiger charge is -2.09. The summed E-state index contributed by atoms with van der Waals surface area (Å²) in [6.45, 7) is 3.86. The SMILES string of the molecule is C=C(OC(=O)c1ccccc1)c1ccc2cc(OC)ccc2c1. The van der Waals surface area contributed by atoms with Gasteiger partial charge < -0.3 is 9.47 Å². The van der Waals surface area contributed by atoms with E-state index < -0.39 is 5.97 Å². The summed E-state index contributed by atoms with van der Waals surface area (Å²) in [4.78, 5) is 12.1. The first-order valence-corrected chi connectivity index (χ1v) is 7.22. The number of hydrogen-bond acceptors (Lipinski definition) is 3. The number of esters is 1. The molecule has 0 atom stereocenters. The van der Waals surface area contributed by atoms with Gasteiger partial charge in [0.2, 0.25) is 0 Å². The third-order valence-electron chi connectivity index (χ3n) is 3.59. The van der Waals surface area contributed by atoms with Crippen molar-refractivity contribution >= 4 is 22.5 Å². The molecule has 0 fully saturated rings. The average molecular weight is 304 g/mol. The molecular weight excluding hydrogens is 288 g/mol. The van der Waals surface area contributed by atoms with Gasteiger partial charge in [-0.3, -0.25) is 0 Å². The Kier molecular flexibility index (Phi) is 4.11. The second-order valence-corrected chi connectivity index (χ2v) is 5.11. The number of benzene rings is 3. The van der Waals surface area contributed by atoms with Gasteiger partial charge in [-0.05, 0) is 41.1 Å². The zero-order valence-electron chi connectivity index (χ0n) is 12.8. The van der Waals surface area contributed by atoms with Gasteiger partial charge in [0.05, 0.1) is 12.7 Å². The zero-order chi connectivity index (χ0) is 16.2. The molecule has 0 aliphatic carbocycles. The molecule has 0 aliphatic rings. The minimum Gasteiger partial charge on any atom is -0.497 e. The number of rotatable bonds is 4. The van der Waals surface area contributed by atoms with Crippen LogP contribution in [0.1, 0.15) is 15.9 Å². The van der Waals surface area contributed by atoms with E-state index in [-0.39, 0.29) is 0 Å². The van der Waals surface area contributed by atoms with Crippen molar-refractivity contribution in [1.29, 1.82) is 0 Å². The van der Waals surface area contributed by atoms with Crippen LogP contribution in [0.15, 0.2) is 73.3 Å². The molecule has 0 saturated heterocycles. The molecule has 0 spiro atoms. The summed E-state index contributed by atoms with van der Waals surface area (Å²) < 4.78 is 10.6. The smallest absolute Gasteiger partial charge is 0.343 e. The van der Waals surface area contributed by atoms with Gasteiger partial charge in [-0.2, -0.15) is 0 Å². The highest BCUT2D eigenvalue weighted by atomic mass is 16.5. The van der Waals surface area contributed by atoms with E-state index in [1.165, 1.54) is 0 Å². The molecule has 0 amide bonds. The van der Waals surface area contributed by atoms with Crippen molar-refractivity contribution in [3.05, 3.63) is 84.4 Å². The number of ether oxygens (including phenoxy) is 2. The van der Waals surface area contributed by atoms with Gasteiger partial charge in [-0.1, -0.05) is 43.0 Å². The monoisotopic (exact) mass is 304 g/mol. The molecule has 3 aromatic rings. The van der Waals surface area contributed by atoms with Crippen LogP contribution in [0.5, 0.6) is 5.75 Å². The summed E-state index contributed by atoms with van der Waals surface area (Å²) >= 11 is 0. The quantitative estimate of drug-likeness (QED) is 0.519. The number of carbonyl (C=O) groups excluding carboxylic acids is 1. The van der Waals surface area contributed by atoms with Crippen LogP contribution in [0.25, 0.3) is 16.5 Å². The van der Waals surface area contributed by atoms with E-state index in [0.29, 0.717) is 11.3 Å². The Morgan fingerprint density at radius 2 is 1.57 bits per heavy atom. The predicted octanol–water partition coefficient (Wildman–Crippen LogP) is 4.68. The molecular formula is C20H16O3. The maximum Gasteiger partial charge on any atom is 0.343 e. The van der Waals surface area contributed by atoms with Gasteiger partial charge in [-0.25, -0.2) is 4.79 Å². The second kappa shape index (κ2) is 6.36. The highest BCUT2D eigenvalue weighted by Crippen LogP contribution is 2.25. The normalized spacial score (nSPS) is 10.3. The highest BCUT2D eigenvalue weighted by Gasteiger charge is 2.10. The zero-order valence-corrected chi connectivity index (χ0v) is 12.8. The molecule has 0 unspecified atom stereocenters. The molecule has 0 bridgehead atoms. The van der Waals surface area contributed by atoms with Crippen LogP contribution in [0, 0.1) is 0 Å². The van der Waals surface area contributed by atoms with Crippen LogP contribution in [0.3, 0.4) is 0 Å². The van der Waals surface area contributed by atoms with E-state index in [4.69, 9.17) is 9.47 Å². The third-order valence-corrected chi connectivity index (χ3v) is 3.59. The van der Waals surface area contributed by atoms with Crippen LogP contribution in [0.4, 0.5) is 0 Å². The summed E-state index contributed by atoms with van der Waals surface area (Å²) in [5, 5.41) is 2.08. The first-order valence-electron chi connectivity index (χ1n) is 7.22. The van der Waals surface area contributed by atoms with Crippen molar-refractivity contribution in [2.75, 3.05) is 7.11 Å². The molecule has 23 heavy (non-hydrogen) atoms. The minimum absolute atomic E-state index is 0.330. The molecule has 0 aliphatic heterocycles. The van der Waals surface area contributed by atoms with Gasteiger partial charge >= 0.3 is 5.97 Å². The lowest BCUT2D eigenvalue weighted by atomic mass is 10.1. The van der Waals surface area contributed by atoms with Crippen molar-refractivity contribution in [1.82, 2.24) is 0 Å². The minimum atomic E-state index is -0.412. The van der Waals surface area contributed by atoms with Crippen LogP contribution in [-0.4, -0.2) is 13.1 Å². The lowest BCUT2D eigenvalue weighted by molar-refractivity contribution is 0.0693. The first-order chi connectivity index (χ1) is 11.2. The van der Waals surface area contributed by atoms with Crippen LogP contribution < -0.4 is 4.74 Å². The van der Waals surface area contributed by atoms with E-state index >= 15 is 0 Å². The average Bonchev–Trinajstić information content (AvgIpc) is 2.61. The largest absolute Gasteiger partial charge is 0.497 e. The number of carbonyl (C=O) groups is 1. The van der Waals surface area contributed by atoms with E-state index in [9.17, 15) is 4.79 Å². The second-order valence-electron chi connectivity index (χ2n) is 5.11. The van der Waals surface area contributed by atoms with Crippen LogP contribution >= 0.6 is 0 Å². The third kappa shape index (κ3) is 3.24. The Balaban J connectivity index is 1.82. The highest BCUT2D eigenvalue weighted by molar-refractivity contribution is 5.94. The van der Waals surface area contributed by atoms with Crippen molar-refractivity contribution in [2.45, 2.75) is 0 Å². The molecule has 3 aromatic carbocycles. The Hall–Kier alpha value is -3.07. The fraction of sp³-hybridized carbons (Fsp3) is 0.0500. The van der Waals surface area contributed by atoms with Crippen molar-refractivity contribution in [2.24, 2.45) is 0 Å². The fourth-order valence-corrected chi connectivity index (χ4v) is 2.33. The first kappa shape index (κ1) is 14.9. The summed E-state index contributed by atoms with van der Waals surface area (Å²) in [7, 11) is 1.64. The number of hydrogen-bond donors (Lipinski definition) is 0. The summed E-state index contributed by atoms with van der Waals surface area (Å²) in [6, 6.07) is 20.4. The van der Waals surface area contributed by atoms with Gasteiger partial charge in [0, 0.05) is 5.56 Å². The van der Waals surface area contributed by atoms with E-state index in [2.05, 4.69) is 6.58 Å².